The van der Waals surface area contributed by atoms with E-state index in [0.29, 0.717) is 11.3 Å². The number of aromatic nitrogens is 2. The molecule has 0 fully saturated rings. The highest BCUT2D eigenvalue weighted by Gasteiger charge is 2.31. The third-order valence-electron chi connectivity index (χ3n) is 2.20. The molecule has 2 rings (SSSR count). The fraction of sp³-hybridized carbons (Fsp3) is 0.0909. The van der Waals surface area contributed by atoms with Crippen molar-refractivity contribution in [3.05, 3.63) is 46.3 Å². The highest BCUT2D eigenvalue weighted by molar-refractivity contribution is 6.33. The van der Waals surface area contributed by atoms with E-state index in [2.05, 4.69) is 9.97 Å². The lowest BCUT2D eigenvalue weighted by atomic mass is 10.1. The van der Waals surface area contributed by atoms with Crippen LogP contribution in [0.1, 0.15) is 5.56 Å². The van der Waals surface area contributed by atoms with Gasteiger partial charge in [-0.2, -0.15) is 13.2 Å². The van der Waals surface area contributed by atoms with Crippen LogP contribution in [0.25, 0.3) is 11.3 Å². The summed E-state index contributed by atoms with van der Waals surface area (Å²) in [4.78, 5) is 7.57. The van der Waals surface area contributed by atoms with Gasteiger partial charge < -0.3 is 0 Å². The fourth-order valence-electron chi connectivity index (χ4n) is 1.38. The lowest BCUT2D eigenvalue weighted by Gasteiger charge is -2.09. The van der Waals surface area contributed by atoms with Crippen LogP contribution in [0.15, 0.2) is 30.5 Å². The summed E-state index contributed by atoms with van der Waals surface area (Å²) in [5.41, 5.74) is -0.0703. The van der Waals surface area contributed by atoms with E-state index in [0.717, 1.165) is 12.1 Å². The van der Waals surface area contributed by atoms with Crippen LogP contribution >= 0.6 is 23.2 Å². The molecule has 0 aliphatic rings. The maximum absolute atomic E-state index is 12.5. The molecule has 1 aromatic carbocycles. The van der Waals surface area contributed by atoms with E-state index < -0.39 is 11.7 Å². The first kappa shape index (κ1) is 13.1. The molecule has 2 nitrogen and oxygen atoms in total. The Morgan fingerprint density at radius 1 is 1.06 bits per heavy atom. The summed E-state index contributed by atoms with van der Waals surface area (Å²) in [6.45, 7) is 0. The van der Waals surface area contributed by atoms with Crippen LogP contribution in [0.2, 0.25) is 10.3 Å². The molecule has 0 N–H and O–H groups in total. The third kappa shape index (κ3) is 2.73. The molecule has 18 heavy (non-hydrogen) atoms. The van der Waals surface area contributed by atoms with Gasteiger partial charge in [0.2, 0.25) is 5.28 Å². The molecule has 0 radical (unpaired) electrons. The Morgan fingerprint density at radius 2 is 1.78 bits per heavy atom. The standard InChI is InChI=1S/C11H5Cl2F3N2/c12-8-5-6(11(14,15)16)1-2-7(8)9-3-4-17-10(13)18-9/h1-5H. The van der Waals surface area contributed by atoms with Gasteiger partial charge in [0.1, 0.15) is 0 Å². The van der Waals surface area contributed by atoms with E-state index in [1.165, 1.54) is 18.3 Å². The third-order valence-corrected chi connectivity index (χ3v) is 2.69. The summed E-state index contributed by atoms with van der Waals surface area (Å²) >= 11 is 11.4. The predicted octanol–water partition coefficient (Wildman–Crippen LogP) is 4.47. The SMILES string of the molecule is FC(F)(F)c1ccc(-c2ccnc(Cl)n2)c(Cl)c1. The van der Waals surface area contributed by atoms with Crippen molar-refractivity contribution >= 4 is 23.2 Å². The average Bonchev–Trinajstić information content (AvgIpc) is 2.27. The van der Waals surface area contributed by atoms with Crippen LogP contribution < -0.4 is 0 Å². The zero-order chi connectivity index (χ0) is 13.3. The van der Waals surface area contributed by atoms with Crippen molar-refractivity contribution in [3.8, 4) is 11.3 Å². The summed E-state index contributed by atoms with van der Waals surface area (Å²) in [6.07, 6.45) is -3.02. The lowest BCUT2D eigenvalue weighted by molar-refractivity contribution is -0.137. The molecule has 0 atom stereocenters. The molecule has 2 aromatic rings. The lowest BCUT2D eigenvalue weighted by Crippen LogP contribution is -2.04. The van der Waals surface area contributed by atoms with Gasteiger partial charge in [0.05, 0.1) is 16.3 Å². The molecule has 0 spiro atoms. The molecule has 0 saturated heterocycles. The Morgan fingerprint density at radius 3 is 2.33 bits per heavy atom. The van der Waals surface area contributed by atoms with Crippen molar-refractivity contribution in [1.29, 1.82) is 0 Å². The van der Waals surface area contributed by atoms with Crippen LogP contribution in [0.4, 0.5) is 13.2 Å². The smallest absolute Gasteiger partial charge is 0.226 e. The highest BCUT2D eigenvalue weighted by Crippen LogP contribution is 2.35. The van der Waals surface area contributed by atoms with Gasteiger partial charge in [-0.1, -0.05) is 17.7 Å². The second-order valence-corrected chi connectivity index (χ2v) is 4.15. The zero-order valence-electron chi connectivity index (χ0n) is 8.67. The van der Waals surface area contributed by atoms with E-state index in [1.54, 1.807) is 0 Å². The first-order valence-electron chi connectivity index (χ1n) is 4.73. The van der Waals surface area contributed by atoms with Gasteiger partial charge in [0.25, 0.3) is 0 Å². The molecule has 0 amide bonds. The molecular formula is C11H5Cl2F3N2. The van der Waals surface area contributed by atoms with Gasteiger partial charge in [-0.3, -0.25) is 0 Å². The van der Waals surface area contributed by atoms with Gasteiger partial charge in [0.15, 0.2) is 0 Å². The topological polar surface area (TPSA) is 25.8 Å². The minimum atomic E-state index is -4.43. The van der Waals surface area contributed by atoms with Crippen molar-refractivity contribution in [2.24, 2.45) is 0 Å². The summed E-state index contributed by atoms with van der Waals surface area (Å²) in [5, 5.41) is -0.0388. The Balaban J connectivity index is 2.48. The second-order valence-electron chi connectivity index (χ2n) is 3.40. The number of halogens is 5. The van der Waals surface area contributed by atoms with Crippen LogP contribution in [-0.2, 0) is 6.18 Å². The largest absolute Gasteiger partial charge is 0.416 e. The highest BCUT2D eigenvalue weighted by atomic mass is 35.5. The monoisotopic (exact) mass is 292 g/mol. The Labute approximate surface area is 110 Å². The van der Waals surface area contributed by atoms with Crippen LogP contribution in [0.3, 0.4) is 0 Å². The predicted molar refractivity (Wildman–Crippen MR) is 62.5 cm³/mol. The molecule has 0 aliphatic carbocycles. The Bertz CT molecular complexity index is 585. The second kappa shape index (κ2) is 4.74. The van der Waals surface area contributed by atoms with Crippen LogP contribution in [0.5, 0.6) is 0 Å². The summed E-state index contributed by atoms with van der Waals surface area (Å²) in [6, 6.07) is 4.56. The molecular weight excluding hydrogens is 288 g/mol. The number of nitrogens with zero attached hydrogens (tertiary/aromatic N) is 2. The van der Waals surface area contributed by atoms with Crippen molar-refractivity contribution in [2.75, 3.05) is 0 Å². The molecule has 0 bridgehead atoms. The van der Waals surface area contributed by atoms with E-state index in [-0.39, 0.29) is 10.3 Å². The summed E-state index contributed by atoms with van der Waals surface area (Å²) in [7, 11) is 0. The number of hydrogen-bond donors (Lipinski definition) is 0. The molecule has 1 heterocycles. The first-order chi connectivity index (χ1) is 8.38. The molecule has 1 aromatic heterocycles. The van der Waals surface area contributed by atoms with Gasteiger partial charge in [-0.05, 0) is 29.8 Å². The van der Waals surface area contributed by atoms with E-state index in [9.17, 15) is 13.2 Å². The number of rotatable bonds is 1. The molecule has 94 valence electrons. The Hall–Kier alpha value is -1.33. The van der Waals surface area contributed by atoms with Gasteiger partial charge in [0, 0.05) is 11.8 Å². The number of alkyl halides is 3. The molecule has 7 heteroatoms. The quantitative estimate of drug-likeness (QED) is 0.725. The average molecular weight is 293 g/mol. The fourth-order valence-corrected chi connectivity index (χ4v) is 1.81. The molecule has 0 aliphatic heterocycles. The number of hydrogen-bond acceptors (Lipinski definition) is 2. The Kier molecular flexibility index (Phi) is 3.45. The molecule has 0 saturated carbocycles. The summed E-state index contributed by atoms with van der Waals surface area (Å²) < 4.78 is 37.4. The van der Waals surface area contributed by atoms with Gasteiger partial charge in [-0.25, -0.2) is 9.97 Å². The first-order valence-corrected chi connectivity index (χ1v) is 5.49. The van der Waals surface area contributed by atoms with E-state index >= 15 is 0 Å². The maximum Gasteiger partial charge on any atom is 0.416 e. The normalized spacial score (nSPS) is 11.6. The van der Waals surface area contributed by atoms with E-state index in [4.69, 9.17) is 23.2 Å². The van der Waals surface area contributed by atoms with Crippen molar-refractivity contribution in [1.82, 2.24) is 9.97 Å². The number of benzene rings is 1. The van der Waals surface area contributed by atoms with Gasteiger partial charge >= 0.3 is 6.18 Å². The van der Waals surface area contributed by atoms with Gasteiger partial charge in [-0.15, -0.1) is 0 Å². The van der Waals surface area contributed by atoms with Crippen molar-refractivity contribution in [2.45, 2.75) is 6.18 Å². The summed E-state index contributed by atoms with van der Waals surface area (Å²) in [5.74, 6) is 0. The minimum Gasteiger partial charge on any atom is -0.226 e. The molecule has 0 unspecified atom stereocenters. The van der Waals surface area contributed by atoms with E-state index in [1.807, 2.05) is 0 Å². The van der Waals surface area contributed by atoms with Crippen LogP contribution in [0, 0.1) is 0 Å². The van der Waals surface area contributed by atoms with Crippen molar-refractivity contribution in [3.63, 3.8) is 0 Å². The maximum atomic E-state index is 12.5. The van der Waals surface area contributed by atoms with Crippen LogP contribution in [-0.4, -0.2) is 9.97 Å². The van der Waals surface area contributed by atoms with Crippen molar-refractivity contribution < 1.29 is 13.2 Å². The minimum absolute atomic E-state index is 0.00321. The zero-order valence-corrected chi connectivity index (χ0v) is 10.2.